The number of furan rings is 1. The van der Waals surface area contributed by atoms with Crippen molar-refractivity contribution in [3.63, 3.8) is 0 Å². The van der Waals surface area contributed by atoms with E-state index in [1.54, 1.807) is 60.7 Å². The first kappa shape index (κ1) is 24.9. The zero-order valence-electron chi connectivity index (χ0n) is 19.2. The van der Waals surface area contributed by atoms with Crippen LogP contribution in [-0.4, -0.2) is 16.9 Å². The summed E-state index contributed by atoms with van der Waals surface area (Å²) in [5.41, 5.74) is 3.59. The van der Waals surface area contributed by atoms with Crippen LogP contribution in [0.5, 0.6) is 0 Å². The molecular weight excluding hydrogens is 494 g/mol. The Kier molecular flexibility index (Phi) is 7.95. The summed E-state index contributed by atoms with van der Waals surface area (Å²) in [7, 11) is 0. The van der Waals surface area contributed by atoms with Crippen molar-refractivity contribution in [3.8, 4) is 11.3 Å². The van der Waals surface area contributed by atoms with E-state index >= 15 is 0 Å². The van der Waals surface area contributed by atoms with Gasteiger partial charge in [-0.25, -0.2) is 0 Å². The molecule has 0 saturated heterocycles. The van der Waals surface area contributed by atoms with Gasteiger partial charge in [0.15, 0.2) is 5.11 Å². The second-order valence-corrected chi connectivity index (χ2v) is 8.66. The third-order valence-electron chi connectivity index (χ3n) is 5.13. The fourth-order valence-electron chi connectivity index (χ4n) is 3.28. The van der Waals surface area contributed by atoms with E-state index in [9.17, 15) is 9.59 Å². The molecule has 3 N–H and O–H groups in total. The van der Waals surface area contributed by atoms with Crippen molar-refractivity contribution in [1.82, 2.24) is 5.32 Å². The molecule has 0 aliphatic heterocycles. The summed E-state index contributed by atoms with van der Waals surface area (Å²) in [6.45, 7) is 1.93. The van der Waals surface area contributed by atoms with Gasteiger partial charge in [0.2, 0.25) is 5.91 Å². The maximum Gasteiger partial charge on any atom is 0.255 e. The van der Waals surface area contributed by atoms with Crippen LogP contribution in [0.2, 0.25) is 5.02 Å². The fourth-order valence-corrected chi connectivity index (χ4v) is 3.68. The lowest BCUT2D eigenvalue weighted by atomic mass is 10.1. The second kappa shape index (κ2) is 11.5. The number of hydrogen-bond donors (Lipinski definition) is 3. The van der Waals surface area contributed by atoms with Gasteiger partial charge in [-0.15, -0.1) is 0 Å². The largest absolute Gasteiger partial charge is 0.457 e. The molecule has 0 unspecified atom stereocenters. The third-order valence-corrected chi connectivity index (χ3v) is 5.74. The monoisotopic (exact) mass is 515 g/mol. The zero-order valence-corrected chi connectivity index (χ0v) is 20.8. The number of amides is 2. The van der Waals surface area contributed by atoms with E-state index in [4.69, 9.17) is 28.2 Å². The first-order chi connectivity index (χ1) is 17.4. The fraction of sp³-hybridized carbons (Fsp3) is 0.0357. The van der Waals surface area contributed by atoms with Gasteiger partial charge < -0.3 is 15.1 Å². The van der Waals surface area contributed by atoms with Crippen LogP contribution in [-0.2, 0) is 4.79 Å². The zero-order chi connectivity index (χ0) is 25.5. The SMILES string of the molecule is Cc1ccc(-c2ccc(/C=C/C(=O)NC(=S)Nc3cccc(NC(=O)c4ccccc4)c3)o2)cc1Cl. The van der Waals surface area contributed by atoms with Crippen LogP contribution in [0.25, 0.3) is 17.4 Å². The Morgan fingerprint density at radius 1 is 0.889 bits per heavy atom. The Hall–Kier alpha value is -4.20. The molecule has 4 rings (SSSR count). The van der Waals surface area contributed by atoms with Gasteiger partial charge in [0.1, 0.15) is 11.5 Å². The Balaban J connectivity index is 1.31. The summed E-state index contributed by atoms with van der Waals surface area (Å²) in [6.07, 6.45) is 2.88. The van der Waals surface area contributed by atoms with Gasteiger partial charge in [0.05, 0.1) is 0 Å². The summed E-state index contributed by atoms with van der Waals surface area (Å²) < 4.78 is 5.78. The molecule has 0 radical (unpaired) electrons. The molecule has 6 nitrogen and oxygen atoms in total. The molecule has 1 heterocycles. The van der Waals surface area contributed by atoms with Gasteiger partial charge in [-0.05, 0) is 79.3 Å². The van der Waals surface area contributed by atoms with Crippen molar-refractivity contribution in [2.45, 2.75) is 6.92 Å². The van der Waals surface area contributed by atoms with Crippen molar-refractivity contribution in [2.24, 2.45) is 0 Å². The summed E-state index contributed by atoms with van der Waals surface area (Å²) in [6, 6.07) is 25.2. The third kappa shape index (κ3) is 6.69. The topological polar surface area (TPSA) is 83.4 Å². The van der Waals surface area contributed by atoms with E-state index < -0.39 is 5.91 Å². The Labute approximate surface area is 219 Å². The van der Waals surface area contributed by atoms with Crippen molar-refractivity contribution in [2.75, 3.05) is 10.6 Å². The molecule has 8 heteroatoms. The standard InChI is InChI=1S/C28H22ClN3O3S/c1-18-10-11-20(16-24(18)29)25-14-12-23(35-25)13-15-26(33)32-28(36)31-22-9-5-8-21(17-22)30-27(34)19-6-3-2-4-7-19/h2-17H,1H3,(H,30,34)(H2,31,32,33,36)/b15-13+. The number of anilines is 2. The van der Waals surface area contributed by atoms with E-state index in [0.29, 0.717) is 33.5 Å². The van der Waals surface area contributed by atoms with Crippen LogP contribution in [0.4, 0.5) is 11.4 Å². The highest BCUT2D eigenvalue weighted by atomic mass is 35.5. The van der Waals surface area contributed by atoms with E-state index in [0.717, 1.165) is 11.1 Å². The van der Waals surface area contributed by atoms with Crippen LogP contribution in [0, 0.1) is 6.92 Å². The molecule has 0 aliphatic rings. The molecule has 4 aromatic rings. The number of nitrogens with one attached hydrogen (secondary N) is 3. The molecule has 1 aromatic heterocycles. The predicted molar refractivity (Wildman–Crippen MR) is 148 cm³/mol. The normalized spacial score (nSPS) is 10.7. The first-order valence-electron chi connectivity index (χ1n) is 11.0. The van der Waals surface area contributed by atoms with Crippen molar-refractivity contribution >= 4 is 58.2 Å². The van der Waals surface area contributed by atoms with Gasteiger partial charge in [-0.1, -0.05) is 48.0 Å². The summed E-state index contributed by atoms with van der Waals surface area (Å²) in [5.74, 6) is 0.517. The van der Waals surface area contributed by atoms with Gasteiger partial charge in [-0.2, -0.15) is 0 Å². The Morgan fingerprint density at radius 3 is 2.39 bits per heavy atom. The predicted octanol–water partition coefficient (Wildman–Crippen LogP) is 6.69. The highest BCUT2D eigenvalue weighted by Crippen LogP contribution is 2.27. The maximum atomic E-state index is 12.4. The van der Waals surface area contributed by atoms with Gasteiger partial charge >= 0.3 is 0 Å². The van der Waals surface area contributed by atoms with E-state index in [-0.39, 0.29) is 11.0 Å². The smallest absolute Gasteiger partial charge is 0.255 e. The molecule has 2 amide bonds. The Bertz CT molecular complexity index is 1450. The molecule has 0 fully saturated rings. The lowest BCUT2D eigenvalue weighted by Crippen LogP contribution is -2.32. The number of thiocarbonyl (C=S) groups is 1. The summed E-state index contributed by atoms with van der Waals surface area (Å²) >= 11 is 11.4. The quantitative estimate of drug-likeness (QED) is 0.197. The molecule has 36 heavy (non-hydrogen) atoms. The molecule has 0 saturated carbocycles. The number of carbonyl (C=O) groups is 2. The van der Waals surface area contributed by atoms with Crippen LogP contribution >= 0.6 is 23.8 Å². The molecular formula is C28H22ClN3O3S. The average Bonchev–Trinajstić information content (AvgIpc) is 3.34. The minimum Gasteiger partial charge on any atom is -0.457 e. The molecule has 0 bridgehead atoms. The Morgan fingerprint density at radius 2 is 1.64 bits per heavy atom. The van der Waals surface area contributed by atoms with E-state index in [1.165, 1.54) is 6.08 Å². The maximum absolute atomic E-state index is 12.4. The average molecular weight is 516 g/mol. The molecule has 3 aromatic carbocycles. The molecule has 0 spiro atoms. The number of halogens is 1. The summed E-state index contributed by atoms with van der Waals surface area (Å²) in [4.78, 5) is 24.7. The minimum atomic E-state index is -0.419. The number of aryl methyl sites for hydroxylation is 1. The second-order valence-electron chi connectivity index (χ2n) is 7.84. The van der Waals surface area contributed by atoms with Crippen molar-refractivity contribution in [3.05, 3.63) is 113 Å². The number of carbonyl (C=O) groups excluding carboxylic acids is 2. The first-order valence-corrected chi connectivity index (χ1v) is 11.8. The number of rotatable bonds is 6. The van der Waals surface area contributed by atoms with Gasteiger partial charge in [-0.3, -0.25) is 14.9 Å². The number of benzene rings is 3. The van der Waals surface area contributed by atoms with E-state index in [2.05, 4.69) is 16.0 Å². The minimum absolute atomic E-state index is 0.116. The van der Waals surface area contributed by atoms with Gasteiger partial charge in [0, 0.05) is 33.6 Å². The highest BCUT2D eigenvalue weighted by Gasteiger charge is 2.08. The lowest BCUT2D eigenvalue weighted by molar-refractivity contribution is -0.115. The summed E-state index contributed by atoms with van der Waals surface area (Å²) in [5, 5.41) is 9.13. The lowest BCUT2D eigenvalue weighted by Gasteiger charge is -2.10. The van der Waals surface area contributed by atoms with Crippen molar-refractivity contribution in [1.29, 1.82) is 0 Å². The highest BCUT2D eigenvalue weighted by molar-refractivity contribution is 7.80. The van der Waals surface area contributed by atoms with Crippen LogP contribution in [0.15, 0.2) is 95.4 Å². The molecule has 180 valence electrons. The number of hydrogen-bond acceptors (Lipinski definition) is 4. The van der Waals surface area contributed by atoms with Crippen molar-refractivity contribution < 1.29 is 14.0 Å². The van der Waals surface area contributed by atoms with Crippen LogP contribution in [0.1, 0.15) is 21.7 Å². The molecule has 0 aliphatic carbocycles. The van der Waals surface area contributed by atoms with Crippen LogP contribution < -0.4 is 16.0 Å². The van der Waals surface area contributed by atoms with E-state index in [1.807, 2.05) is 37.3 Å². The van der Waals surface area contributed by atoms with Gasteiger partial charge in [0.25, 0.3) is 5.91 Å². The molecule has 0 atom stereocenters. The van der Waals surface area contributed by atoms with Crippen LogP contribution in [0.3, 0.4) is 0 Å².